The third-order valence-electron chi connectivity index (χ3n) is 4.07. The largest absolute Gasteiger partial charge is 0.418 e. The highest BCUT2D eigenvalue weighted by Gasteiger charge is 2.35. The van der Waals surface area contributed by atoms with E-state index in [1.54, 1.807) is 12.1 Å². The molecule has 1 aliphatic heterocycles. The molecule has 0 aromatic heterocycles. The van der Waals surface area contributed by atoms with Crippen molar-refractivity contribution in [1.82, 2.24) is 5.32 Å². The summed E-state index contributed by atoms with van der Waals surface area (Å²) in [7, 11) is 0. The predicted molar refractivity (Wildman–Crippen MR) is 79.4 cm³/mol. The Kier molecular flexibility index (Phi) is 5.14. The first kappa shape index (κ1) is 16.1. The molecule has 1 aromatic rings. The number of nitrogens with zero attached hydrogens (tertiary/aromatic N) is 1. The highest BCUT2D eigenvalue weighted by Crippen LogP contribution is 2.38. The monoisotopic (exact) mass is 300 g/mol. The average Bonchev–Trinajstić information content (AvgIpc) is 2.45. The van der Waals surface area contributed by atoms with Crippen LogP contribution in [0.25, 0.3) is 0 Å². The Labute approximate surface area is 124 Å². The van der Waals surface area contributed by atoms with Gasteiger partial charge in [-0.25, -0.2) is 0 Å². The van der Waals surface area contributed by atoms with Crippen LogP contribution in [0.3, 0.4) is 0 Å². The number of nitrogens with one attached hydrogen (secondary N) is 1. The second-order valence-electron chi connectivity index (χ2n) is 5.80. The summed E-state index contributed by atoms with van der Waals surface area (Å²) in [5, 5.41) is 3.07. The molecule has 118 valence electrons. The van der Waals surface area contributed by atoms with Gasteiger partial charge < -0.3 is 10.2 Å². The lowest BCUT2D eigenvalue weighted by Crippen LogP contribution is -2.34. The van der Waals surface area contributed by atoms with Gasteiger partial charge in [-0.05, 0) is 43.0 Å². The van der Waals surface area contributed by atoms with Gasteiger partial charge in [0.05, 0.1) is 5.56 Å². The summed E-state index contributed by atoms with van der Waals surface area (Å²) in [6, 6.07) is 4.72. The normalized spacial score (nSPS) is 17.3. The standard InChI is InChI=1S/C16H23F3N2/c1-3-20-11-13-4-5-15(14(10-13)16(17,18)19)21-8-6-12(2)7-9-21/h4-5,10,12,20H,3,6-9,11H2,1-2H3. The first-order valence-electron chi connectivity index (χ1n) is 7.57. The van der Waals surface area contributed by atoms with E-state index in [0.29, 0.717) is 36.8 Å². The summed E-state index contributed by atoms with van der Waals surface area (Å²) in [6.07, 6.45) is -2.40. The van der Waals surface area contributed by atoms with Crippen LogP contribution in [-0.4, -0.2) is 19.6 Å². The third-order valence-corrected chi connectivity index (χ3v) is 4.07. The third kappa shape index (κ3) is 4.13. The van der Waals surface area contributed by atoms with Gasteiger partial charge >= 0.3 is 6.18 Å². The molecule has 0 atom stereocenters. The number of piperidine rings is 1. The van der Waals surface area contributed by atoms with Crippen LogP contribution in [0.1, 0.15) is 37.8 Å². The van der Waals surface area contributed by atoms with Crippen LogP contribution in [0.2, 0.25) is 0 Å². The summed E-state index contributed by atoms with van der Waals surface area (Å²) >= 11 is 0. The second-order valence-corrected chi connectivity index (χ2v) is 5.80. The van der Waals surface area contributed by atoms with E-state index in [4.69, 9.17) is 0 Å². The lowest BCUT2D eigenvalue weighted by molar-refractivity contribution is -0.137. The van der Waals surface area contributed by atoms with Crippen LogP contribution in [0.5, 0.6) is 0 Å². The Bertz CT molecular complexity index is 463. The Balaban J connectivity index is 2.27. The van der Waals surface area contributed by atoms with Crippen molar-refractivity contribution in [3.8, 4) is 0 Å². The zero-order valence-corrected chi connectivity index (χ0v) is 12.6. The Morgan fingerprint density at radius 2 is 1.90 bits per heavy atom. The van der Waals surface area contributed by atoms with Gasteiger partial charge in [0.15, 0.2) is 0 Å². The minimum atomic E-state index is -4.30. The van der Waals surface area contributed by atoms with Gasteiger partial charge in [0.1, 0.15) is 0 Å². The van der Waals surface area contributed by atoms with Gasteiger partial charge in [0.25, 0.3) is 0 Å². The number of hydrogen-bond acceptors (Lipinski definition) is 2. The molecule has 2 nitrogen and oxygen atoms in total. The van der Waals surface area contributed by atoms with E-state index in [2.05, 4.69) is 12.2 Å². The lowest BCUT2D eigenvalue weighted by Gasteiger charge is -2.34. The molecular weight excluding hydrogens is 277 g/mol. The van der Waals surface area contributed by atoms with Crippen LogP contribution < -0.4 is 10.2 Å². The molecule has 0 amide bonds. The van der Waals surface area contributed by atoms with E-state index in [1.807, 2.05) is 11.8 Å². The van der Waals surface area contributed by atoms with Crippen molar-refractivity contribution in [3.63, 3.8) is 0 Å². The topological polar surface area (TPSA) is 15.3 Å². The predicted octanol–water partition coefficient (Wildman–Crippen LogP) is 4.05. The summed E-state index contributed by atoms with van der Waals surface area (Å²) < 4.78 is 40.0. The van der Waals surface area contributed by atoms with Crippen molar-refractivity contribution >= 4 is 5.69 Å². The average molecular weight is 300 g/mol. The maximum Gasteiger partial charge on any atom is 0.418 e. The van der Waals surface area contributed by atoms with Gasteiger partial charge in [0.2, 0.25) is 0 Å². The van der Waals surface area contributed by atoms with Gasteiger partial charge in [-0.2, -0.15) is 13.2 Å². The van der Waals surface area contributed by atoms with Crippen LogP contribution in [-0.2, 0) is 12.7 Å². The number of hydrogen-bond donors (Lipinski definition) is 1. The van der Waals surface area contributed by atoms with Gasteiger partial charge in [0, 0.05) is 25.3 Å². The molecule has 0 radical (unpaired) electrons. The Morgan fingerprint density at radius 1 is 1.24 bits per heavy atom. The molecule has 0 saturated carbocycles. The van der Waals surface area contributed by atoms with E-state index in [0.717, 1.165) is 19.4 Å². The molecule has 2 rings (SSSR count). The number of rotatable bonds is 4. The van der Waals surface area contributed by atoms with Crippen LogP contribution in [0.4, 0.5) is 18.9 Å². The van der Waals surface area contributed by atoms with Crippen LogP contribution >= 0.6 is 0 Å². The van der Waals surface area contributed by atoms with Gasteiger partial charge in [-0.15, -0.1) is 0 Å². The summed E-state index contributed by atoms with van der Waals surface area (Å²) in [4.78, 5) is 1.87. The fraction of sp³-hybridized carbons (Fsp3) is 0.625. The lowest BCUT2D eigenvalue weighted by atomic mass is 9.97. The van der Waals surface area contributed by atoms with E-state index < -0.39 is 11.7 Å². The quantitative estimate of drug-likeness (QED) is 0.902. The Morgan fingerprint density at radius 3 is 2.48 bits per heavy atom. The minimum Gasteiger partial charge on any atom is -0.371 e. The maximum absolute atomic E-state index is 13.3. The zero-order valence-electron chi connectivity index (χ0n) is 12.6. The van der Waals surface area contributed by atoms with Crippen LogP contribution in [0.15, 0.2) is 18.2 Å². The zero-order chi connectivity index (χ0) is 15.5. The minimum absolute atomic E-state index is 0.328. The summed E-state index contributed by atoms with van der Waals surface area (Å²) in [5.74, 6) is 0.601. The van der Waals surface area contributed by atoms with Crippen LogP contribution in [0, 0.1) is 5.92 Å². The number of alkyl halides is 3. The molecule has 1 aromatic carbocycles. The Hall–Kier alpha value is -1.23. The highest BCUT2D eigenvalue weighted by atomic mass is 19.4. The van der Waals surface area contributed by atoms with E-state index in [-0.39, 0.29) is 0 Å². The van der Waals surface area contributed by atoms with Crippen molar-refractivity contribution in [2.24, 2.45) is 5.92 Å². The molecule has 1 N–H and O–H groups in total. The summed E-state index contributed by atoms with van der Waals surface area (Å²) in [6.45, 7) is 6.72. The van der Waals surface area contributed by atoms with Crippen molar-refractivity contribution in [3.05, 3.63) is 29.3 Å². The van der Waals surface area contributed by atoms with E-state index in [9.17, 15) is 13.2 Å². The molecular formula is C16H23F3N2. The first-order valence-corrected chi connectivity index (χ1v) is 7.57. The molecule has 1 fully saturated rings. The van der Waals surface area contributed by atoms with E-state index in [1.165, 1.54) is 6.07 Å². The second kappa shape index (κ2) is 6.69. The van der Waals surface area contributed by atoms with Crippen molar-refractivity contribution in [2.45, 2.75) is 39.4 Å². The molecule has 0 unspecified atom stereocenters. The number of halogens is 3. The number of benzene rings is 1. The van der Waals surface area contributed by atoms with Crippen molar-refractivity contribution in [1.29, 1.82) is 0 Å². The SMILES string of the molecule is CCNCc1ccc(N2CCC(C)CC2)c(C(F)(F)F)c1. The highest BCUT2D eigenvalue weighted by molar-refractivity contribution is 5.56. The first-order chi connectivity index (χ1) is 9.91. The molecule has 1 heterocycles. The molecule has 0 spiro atoms. The molecule has 5 heteroatoms. The molecule has 21 heavy (non-hydrogen) atoms. The molecule has 1 saturated heterocycles. The summed E-state index contributed by atoms with van der Waals surface area (Å²) in [5.41, 5.74) is 0.500. The molecule has 0 aliphatic carbocycles. The van der Waals surface area contributed by atoms with Crippen molar-refractivity contribution in [2.75, 3.05) is 24.5 Å². The van der Waals surface area contributed by atoms with Crippen molar-refractivity contribution < 1.29 is 13.2 Å². The maximum atomic E-state index is 13.3. The van der Waals surface area contributed by atoms with Gasteiger partial charge in [-0.3, -0.25) is 0 Å². The fourth-order valence-electron chi connectivity index (χ4n) is 2.71. The van der Waals surface area contributed by atoms with Gasteiger partial charge in [-0.1, -0.05) is 19.9 Å². The molecule has 1 aliphatic rings. The van der Waals surface area contributed by atoms with E-state index >= 15 is 0 Å². The fourth-order valence-corrected chi connectivity index (χ4v) is 2.71. The smallest absolute Gasteiger partial charge is 0.371 e. The molecule has 0 bridgehead atoms. The number of anilines is 1.